The fraction of sp³-hybridized carbons (Fsp3) is 0.538. The summed E-state index contributed by atoms with van der Waals surface area (Å²) in [6.07, 6.45) is -12.7. The van der Waals surface area contributed by atoms with Crippen LogP contribution in [0.3, 0.4) is 0 Å². The van der Waals surface area contributed by atoms with Gasteiger partial charge < -0.3 is 10.4 Å². The van der Waals surface area contributed by atoms with Crippen molar-refractivity contribution in [3.63, 3.8) is 0 Å². The van der Waals surface area contributed by atoms with Crippen molar-refractivity contribution in [1.82, 2.24) is 10.6 Å². The Kier molecular flexibility index (Phi) is 8.06. The van der Waals surface area contributed by atoms with Gasteiger partial charge in [-0.1, -0.05) is 48.6 Å². The van der Waals surface area contributed by atoms with E-state index in [2.05, 4.69) is 5.32 Å². The minimum absolute atomic E-state index is 0.232. The van der Waals surface area contributed by atoms with Gasteiger partial charge in [0.2, 0.25) is 5.91 Å². The van der Waals surface area contributed by atoms with Gasteiger partial charge in [0, 0.05) is 6.42 Å². The van der Waals surface area contributed by atoms with Gasteiger partial charge in [-0.3, -0.25) is 10.1 Å². The summed E-state index contributed by atoms with van der Waals surface area (Å²) in [4.78, 5) is 12.9. The number of carbonyl (C=O) groups excluding carboxylic acids is 1. The quantitative estimate of drug-likeness (QED) is 0.374. The van der Waals surface area contributed by atoms with Gasteiger partial charge in [-0.15, -0.1) is 0 Å². The lowest BCUT2D eigenvalue weighted by Crippen LogP contribution is -2.65. The predicted octanol–water partition coefficient (Wildman–Crippen LogP) is 5.14. The molecule has 0 heterocycles. The molecule has 5 nitrogen and oxygen atoms in total. The molecule has 12 heteroatoms. The van der Waals surface area contributed by atoms with Crippen molar-refractivity contribution in [3.05, 3.63) is 54.1 Å². The van der Waals surface area contributed by atoms with Crippen molar-refractivity contribution < 1.29 is 40.6 Å². The highest BCUT2D eigenvalue weighted by molar-refractivity contribution is 5.83. The molecule has 0 bridgehead atoms. The summed E-state index contributed by atoms with van der Waals surface area (Å²) in [7, 11) is 0. The highest BCUT2D eigenvalue weighted by Gasteiger charge is 2.63. The van der Waals surface area contributed by atoms with E-state index in [4.69, 9.17) is 0 Å². The number of alkyl halides is 7. The van der Waals surface area contributed by atoms with Crippen molar-refractivity contribution >= 4 is 11.5 Å². The molecule has 0 saturated heterocycles. The zero-order valence-corrected chi connectivity index (χ0v) is 20.6. The van der Waals surface area contributed by atoms with Crippen molar-refractivity contribution in [1.29, 1.82) is 5.26 Å². The molecule has 208 valence electrons. The van der Waals surface area contributed by atoms with E-state index < -0.39 is 65.9 Å². The fourth-order valence-corrected chi connectivity index (χ4v) is 4.57. The van der Waals surface area contributed by atoms with Crippen LogP contribution in [0.1, 0.15) is 45.1 Å². The number of carbonyl (C=O) groups is 1. The lowest BCUT2D eigenvalue weighted by molar-refractivity contribution is -0.260. The Balaban J connectivity index is 2.05. The molecule has 1 aromatic carbocycles. The standard InChI is InChI=1S/C26H28F7N3O2/c1-22(2,27)14-18(19(37)36-23(15-34)12-13-23)35-20(25(28,29)30)24(21(38)26(31,32)33)10-8-17(9-11-24)16-6-4-3-5-7-16/h3-10,18,20-21,35,38H,11-14H2,1-2H3,(H,36,37)/t18-,20?,21-,24-/m0/s1. The maximum atomic E-state index is 14.6. The number of nitrogens with zero attached hydrogens (tertiary/aromatic N) is 1. The molecule has 1 amide bonds. The number of hydrogen-bond donors (Lipinski definition) is 3. The van der Waals surface area contributed by atoms with Crippen LogP contribution in [0.15, 0.2) is 48.6 Å². The number of halogens is 7. The largest absolute Gasteiger partial charge is 0.415 e. The molecule has 2 aliphatic rings. The van der Waals surface area contributed by atoms with E-state index in [-0.39, 0.29) is 12.8 Å². The molecule has 0 aliphatic heterocycles. The summed E-state index contributed by atoms with van der Waals surface area (Å²) in [5.41, 5.74) is -5.64. The van der Waals surface area contributed by atoms with Crippen LogP contribution in [-0.2, 0) is 4.79 Å². The molecule has 1 unspecified atom stereocenters. The van der Waals surface area contributed by atoms with Crippen molar-refractivity contribution in [2.75, 3.05) is 0 Å². The number of rotatable bonds is 9. The van der Waals surface area contributed by atoms with Crippen LogP contribution in [0.25, 0.3) is 5.57 Å². The van der Waals surface area contributed by atoms with Gasteiger partial charge in [0.15, 0.2) is 6.10 Å². The van der Waals surface area contributed by atoms with Gasteiger partial charge in [-0.2, -0.15) is 31.6 Å². The van der Waals surface area contributed by atoms with Gasteiger partial charge in [0.25, 0.3) is 0 Å². The number of amides is 1. The van der Waals surface area contributed by atoms with Gasteiger partial charge in [0.05, 0.1) is 17.5 Å². The van der Waals surface area contributed by atoms with Crippen LogP contribution in [0.2, 0.25) is 0 Å². The molecule has 1 saturated carbocycles. The summed E-state index contributed by atoms with van der Waals surface area (Å²) in [6, 6.07) is 4.98. The number of aliphatic hydroxyl groups is 1. The summed E-state index contributed by atoms with van der Waals surface area (Å²) in [5.74, 6) is -1.15. The summed E-state index contributed by atoms with van der Waals surface area (Å²) in [5, 5.41) is 23.8. The van der Waals surface area contributed by atoms with Gasteiger partial charge in [-0.05, 0) is 44.2 Å². The molecule has 0 spiro atoms. The Morgan fingerprint density at radius 3 is 2.11 bits per heavy atom. The van der Waals surface area contributed by atoms with E-state index >= 15 is 0 Å². The predicted molar refractivity (Wildman–Crippen MR) is 125 cm³/mol. The maximum Gasteiger partial charge on any atom is 0.415 e. The molecule has 1 fully saturated rings. The van der Waals surface area contributed by atoms with Crippen LogP contribution in [0.5, 0.6) is 0 Å². The lowest BCUT2D eigenvalue weighted by Gasteiger charge is -2.45. The minimum Gasteiger partial charge on any atom is -0.383 e. The Morgan fingerprint density at radius 1 is 1.08 bits per heavy atom. The molecule has 0 radical (unpaired) electrons. The second kappa shape index (κ2) is 10.3. The zero-order chi connectivity index (χ0) is 28.6. The smallest absolute Gasteiger partial charge is 0.383 e. The Morgan fingerprint density at radius 2 is 1.68 bits per heavy atom. The molecule has 1 aromatic rings. The second-order valence-corrected chi connectivity index (χ2v) is 10.4. The van der Waals surface area contributed by atoms with Gasteiger partial charge >= 0.3 is 12.4 Å². The Hall–Kier alpha value is -2.91. The second-order valence-electron chi connectivity index (χ2n) is 10.4. The van der Waals surface area contributed by atoms with E-state index in [1.165, 1.54) is 0 Å². The Labute approximate surface area is 215 Å². The van der Waals surface area contributed by atoms with E-state index in [9.17, 15) is 45.9 Å². The van der Waals surface area contributed by atoms with Crippen molar-refractivity contribution in [2.45, 2.75) is 81.3 Å². The van der Waals surface area contributed by atoms with Gasteiger partial charge in [0.1, 0.15) is 17.2 Å². The molecule has 3 N–H and O–H groups in total. The average molecular weight is 548 g/mol. The van der Waals surface area contributed by atoms with Crippen LogP contribution < -0.4 is 10.6 Å². The number of benzene rings is 1. The van der Waals surface area contributed by atoms with Crippen molar-refractivity contribution in [2.24, 2.45) is 5.41 Å². The summed E-state index contributed by atoms with van der Waals surface area (Å²) in [6.45, 7) is 2.01. The SMILES string of the molecule is CC(C)(F)C[C@H](NC(C(F)(F)F)[C@]1([C@H](O)C(F)(F)F)C=CC(c2ccccc2)=CC1)C(=O)NC1(C#N)CC1. The number of hydrogen-bond acceptors (Lipinski definition) is 4. The molecule has 0 aromatic heterocycles. The third-order valence-electron chi connectivity index (χ3n) is 6.74. The monoisotopic (exact) mass is 547 g/mol. The van der Waals surface area contributed by atoms with E-state index in [0.29, 0.717) is 17.2 Å². The van der Waals surface area contributed by atoms with Crippen LogP contribution >= 0.6 is 0 Å². The normalized spacial score (nSPS) is 23.6. The first-order chi connectivity index (χ1) is 17.4. The highest BCUT2D eigenvalue weighted by atomic mass is 19.4. The molecule has 4 atom stereocenters. The van der Waals surface area contributed by atoms with Crippen molar-refractivity contribution in [3.8, 4) is 6.07 Å². The molecule has 38 heavy (non-hydrogen) atoms. The number of aliphatic hydroxyl groups excluding tert-OH is 1. The first kappa shape index (κ1) is 29.6. The van der Waals surface area contributed by atoms with E-state index in [1.807, 2.05) is 11.4 Å². The van der Waals surface area contributed by atoms with Crippen LogP contribution in [0, 0.1) is 16.7 Å². The third kappa shape index (κ3) is 6.74. The molecule has 3 rings (SSSR count). The zero-order valence-electron chi connectivity index (χ0n) is 20.6. The van der Waals surface area contributed by atoms with Crippen LogP contribution in [0.4, 0.5) is 30.7 Å². The fourth-order valence-electron chi connectivity index (χ4n) is 4.57. The molecule has 2 aliphatic carbocycles. The number of nitriles is 1. The summed E-state index contributed by atoms with van der Waals surface area (Å²) < 4.78 is 99.6. The van der Waals surface area contributed by atoms with Gasteiger partial charge in [-0.25, -0.2) is 4.39 Å². The molecular weight excluding hydrogens is 519 g/mol. The van der Waals surface area contributed by atoms with E-state index in [1.54, 1.807) is 30.3 Å². The summed E-state index contributed by atoms with van der Waals surface area (Å²) >= 11 is 0. The number of nitrogens with one attached hydrogen (secondary N) is 2. The third-order valence-corrected chi connectivity index (χ3v) is 6.74. The first-order valence-corrected chi connectivity index (χ1v) is 11.9. The maximum absolute atomic E-state index is 14.6. The lowest BCUT2D eigenvalue weighted by atomic mass is 9.68. The average Bonchev–Trinajstić information content (AvgIpc) is 3.59. The highest BCUT2D eigenvalue weighted by Crippen LogP contribution is 2.49. The molecular formula is C26H28F7N3O2. The minimum atomic E-state index is -5.45. The topological polar surface area (TPSA) is 85.2 Å². The first-order valence-electron chi connectivity index (χ1n) is 11.9. The van der Waals surface area contributed by atoms with Crippen LogP contribution in [-0.4, -0.2) is 52.8 Å². The number of allylic oxidation sites excluding steroid dienone is 3. The van der Waals surface area contributed by atoms with E-state index in [0.717, 1.165) is 26.0 Å². The Bertz CT molecular complexity index is 1110.